The number of carbonyl (C=O) groups excluding carboxylic acids is 2. The van der Waals surface area contributed by atoms with Crippen molar-refractivity contribution in [1.82, 2.24) is 20.1 Å². The highest BCUT2D eigenvalue weighted by atomic mass is 16.3. The van der Waals surface area contributed by atoms with Gasteiger partial charge in [-0.25, -0.2) is 0 Å². The number of likely N-dealkylation sites (tertiary alicyclic amines) is 1. The van der Waals surface area contributed by atoms with Crippen LogP contribution in [0.4, 0.5) is 0 Å². The van der Waals surface area contributed by atoms with Gasteiger partial charge in [0.05, 0.1) is 12.6 Å². The fraction of sp³-hybridized carbons (Fsp3) is 0.571. The summed E-state index contributed by atoms with van der Waals surface area (Å²) in [6.45, 7) is 1.35. The maximum absolute atomic E-state index is 12.0. The summed E-state index contributed by atoms with van der Waals surface area (Å²) in [5.41, 5.74) is 0.356. The molecule has 2 rings (SSSR count). The van der Waals surface area contributed by atoms with Crippen molar-refractivity contribution in [3.63, 3.8) is 0 Å². The number of likely N-dealkylation sites (N-methyl/N-ethyl adjacent to an activating group) is 1. The Labute approximate surface area is 123 Å². The zero-order valence-corrected chi connectivity index (χ0v) is 12.4. The van der Waals surface area contributed by atoms with Crippen LogP contribution in [0.2, 0.25) is 0 Å². The second-order valence-corrected chi connectivity index (χ2v) is 5.70. The minimum atomic E-state index is -0.436. The Kier molecular flexibility index (Phi) is 5.11. The normalized spacial score (nSPS) is 22.7. The smallest absolute Gasteiger partial charge is 0.274 e. The van der Waals surface area contributed by atoms with E-state index in [2.05, 4.69) is 10.3 Å². The highest BCUT2D eigenvalue weighted by molar-refractivity contribution is 6.04. The lowest BCUT2D eigenvalue weighted by molar-refractivity contribution is -0.121. The van der Waals surface area contributed by atoms with Gasteiger partial charge in [0.15, 0.2) is 0 Å². The molecule has 116 valence electrons. The van der Waals surface area contributed by atoms with Crippen LogP contribution in [0.3, 0.4) is 0 Å². The van der Waals surface area contributed by atoms with Gasteiger partial charge in [0.1, 0.15) is 5.69 Å². The van der Waals surface area contributed by atoms with Crippen molar-refractivity contribution in [3.05, 3.63) is 24.0 Å². The number of aromatic amines is 1. The SMILES string of the molecule is CN(C)CC1CC(O)CN1CC(=O)NC(=O)c1ccc[nH]1. The van der Waals surface area contributed by atoms with Crippen molar-refractivity contribution in [2.45, 2.75) is 18.6 Å². The van der Waals surface area contributed by atoms with Crippen LogP contribution < -0.4 is 5.32 Å². The van der Waals surface area contributed by atoms with E-state index in [9.17, 15) is 14.7 Å². The fourth-order valence-corrected chi connectivity index (χ4v) is 2.65. The van der Waals surface area contributed by atoms with Crippen molar-refractivity contribution in [1.29, 1.82) is 0 Å². The Morgan fingerprint density at radius 2 is 2.29 bits per heavy atom. The minimum absolute atomic E-state index is 0.113. The molecule has 2 heterocycles. The quantitative estimate of drug-likeness (QED) is 0.666. The summed E-state index contributed by atoms with van der Waals surface area (Å²) in [5, 5.41) is 12.1. The number of β-amino-alcohol motifs (C(OH)–C–C–N with tert-alkyl or cyclic N) is 1. The van der Waals surface area contributed by atoms with Crippen molar-refractivity contribution >= 4 is 11.8 Å². The van der Waals surface area contributed by atoms with Crippen LogP contribution in [0.15, 0.2) is 18.3 Å². The molecule has 7 nitrogen and oxygen atoms in total. The molecule has 1 aliphatic rings. The summed E-state index contributed by atoms with van der Waals surface area (Å²) in [6, 6.07) is 3.43. The topological polar surface area (TPSA) is 88.7 Å². The number of rotatable bonds is 5. The maximum Gasteiger partial charge on any atom is 0.274 e. The van der Waals surface area contributed by atoms with Crippen LogP contribution in [0.1, 0.15) is 16.9 Å². The molecular formula is C14H22N4O3. The molecule has 0 saturated carbocycles. The standard InChI is InChI=1S/C14H22N4O3/c1-17(2)7-10-6-11(19)8-18(10)9-13(20)16-14(21)12-4-3-5-15-12/h3-5,10-11,15,19H,6-9H2,1-2H3,(H,16,20,21). The third-order valence-electron chi connectivity index (χ3n) is 3.52. The predicted octanol–water partition coefficient (Wildman–Crippen LogP) is -0.732. The number of H-pyrrole nitrogens is 1. The minimum Gasteiger partial charge on any atom is -0.392 e. The summed E-state index contributed by atoms with van der Waals surface area (Å²) in [5.74, 6) is -0.790. The first-order chi connectivity index (χ1) is 9.95. The number of aliphatic hydroxyl groups excluding tert-OH is 1. The average Bonchev–Trinajstić information content (AvgIpc) is 2.99. The molecule has 1 aromatic heterocycles. The molecule has 1 saturated heterocycles. The number of amides is 2. The lowest BCUT2D eigenvalue weighted by Gasteiger charge is -2.25. The molecule has 0 aromatic carbocycles. The molecule has 1 aromatic rings. The number of hydrogen-bond donors (Lipinski definition) is 3. The number of nitrogens with zero attached hydrogens (tertiary/aromatic N) is 2. The number of nitrogens with one attached hydrogen (secondary N) is 2. The van der Waals surface area contributed by atoms with Gasteiger partial charge < -0.3 is 15.0 Å². The zero-order chi connectivity index (χ0) is 15.4. The maximum atomic E-state index is 12.0. The largest absolute Gasteiger partial charge is 0.392 e. The lowest BCUT2D eigenvalue weighted by Crippen LogP contribution is -2.45. The zero-order valence-electron chi connectivity index (χ0n) is 12.4. The van der Waals surface area contributed by atoms with Crippen LogP contribution in [-0.2, 0) is 4.79 Å². The van der Waals surface area contributed by atoms with Crippen LogP contribution >= 0.6 is 0 Å². The third-order valence-corrected chi connectivity index (χ3v) is 3.52. The first-order valence-electron chi connectivity index (χ1n) is 7.00. The van der Waals surface area contributed by atoms with Gasteiger partial charge in [-0.3, -0.25) is 19.8 Å². The lowest BCUT2D eigenvalue weighted by atomic mass is 10.2. The van der Waals surface area contributed by atoms with Gasteiger partial charge in [0, 0.05) is 25.3 Å². The predicted molar refractivity (Wildman–Crippen MR) is 77.8 cm³/mol. The molecule has 0 bridgehead atoms. The van der Waals surface area contributed by atoms with E-state index < -0.39 is 12.0 Å². The molecule has 7 heteroatoms. The molecule has 1 fully saturated rings. The van der Waals surface area contributed by atoms with Gasteiger partial charge in [0.2, 0.25) is 5.91 Å². The van der Waals surface area contributed by atoms with E-state index in [1.807, 2.05) is 23.9 Å². The fourth-order valence-electron chi connectivity index (χ4n) is 2.65. The summed E-state index contributed by atoms with van der Waals surface area (Å²) in [7, 11) is 3.91. The highest BCUT2D eigenvalue weighted by Gasteiger charge is 2.32. The number of imide groups is 1. The van der Waals surface area contributed by atoms with Crippen LogP contribution in [0.5, 0.6) is 0 Å². The Balaban J connectivity index is 1.87. The number of aliphatic hydroxyl groups is 1. The Hall–Kier alpha value is -1.70. The van der Waals surface area contributed by atoms with Gasteiger partial charge >= 0.3 is 0 Å². The van der Waals surface area contributed by atoms with Crippen LogP contribution in [0.25, 0.3) is 0 Å². The Bertz CT molecular complexity index is 486. The van der Waals surface area contributed by atoms with Gasteiger partial charge in [-0.2, -0.15) is 0 Å². The summed E-state index contributed by atoms with van der Waals surface area (Å²) in [4.78, 5) is 30.4. The van der Waals surface area contributed by atoms with Gasteiger partial charge in [-0.1, -0.05) is 0 Å². The first kappa shape index (κ1) is 15.7. The highest BCUT2D eigenvalue weighted by Crippen LogP contribution is 2.17. The molecule has 0 aliphatic carbocycles. The molecule has 3 N–H and O–H groups in total. The van der Waals surface area contributed by atoms with Crippen molar-refractivity contribution in [2.24, 2.45) is 0 Å². The van der Waals surface area contributed by atoms with Gasteiger partial charge in [-0.05, 0) is 32.6 Å². The van der Waals surface area contributed by atoms with Crippen LogP contribution in [-0.4, -0.2) is 77.6 Å². The second-order valence-electron chi connectivity index (χ2n) is 5.70. The van der Waals surface area contributed by atoms with Gasteiger partial charge in [-0.15, -0.1) is 0 Å². The molecule has 0 radical (unpaired) electrons. The summed E-state index contributed by atoms with van der Waals surface area (Å²) in [6.07, 6.45) is 1.86. The first-order valence-corrected chi connectivity index (χ1v) is 7.00. The molecule has 2 unspecified atom stereocenters. The third kappa shape index (κ3) is 4.38. The summed E-state index contributed by atoms with van der Waals surface area (Å²) < 4.78 is 0. The van der Waals surface area contributed by atoms with E-state index in [-0.39, 0.29) is 18.5 Å². The van der Waals surface area contributed by atoms with E-state index in [4.69, 9.17) is 0 Å². The molecule has 2 atom stereocenters. The van der Waals surface area contributed by atoms with Crippen LogP contribution in [0, 0.1) is 0 Å². The Morgan fingerprint density at radius 1 is 1.52 bits per heavy atom. The molecule has 2 amide bonds. The average molecular weight is 294 g/mol. The number of hydrogen-bond acceptors (Lipinski definition) is 5. The molecule has 0 spiro atoms. The summed E-state index contributed by atoms with van der Waals surface area (Å²) >= 11 is 0. The molecular weight excluding hydrogens is 272 g/mol. The van der Waals surface area contributed by atoms with Gasteiger partial charge in [0.25, 0.3) is 5.91 Å². The molecule has 21 heavy (non-hydrogen) atoms. The number of aromatic nitrogens is 1. The van der Waals surface area contributed by atoms with Crippen molar-refractivity contribution in [2.75, 3.05) is 33.7 Å². The number of carbonyl (C=O) groups is 2. The molecule has 1 aliphatic heterocycles. The van der Waals surface area contributed by atoms with Crippen molar-refractivity contribution in [3.8, 4) is 0 Å². The van der Waals surface area contributed by atoms with Crippen molar-refractivity contribution < 1.29 is 14.7 Å². The Morgan fingerprint density at radius 3 is 2.90 bits per heavy atom. The van der Waals surface area contributed by atoms with E-state index in [0.29, 0.717) is 18.7 Å². The van der Waals surface area contributed by atoms with E-state index in [1.54, 1.807) is 18.3 Å². The van der Waals surface area contributed by atoms with E-state index >= 15 is 0 Å². The monoisotopic (exact) mass is 294 g/mol. The van der Waals surface area contributed by atoms with E-state index in [0.717, 1.165) is 6.54 Å². The second kappa shape index (κ2) is 6.84. The van der Waals surface area contributed by atoms with E-state index in [1.165, 1.54) is 0 Å².